The molecule has 102 valence electrons. The lowest BCUT2D eigenvalue weighted by Crippen LogP contribution is -2.45. The minimum Gasteiger partial charge on any atom is -0.371 e. The summed E-state index contributed by atoms with van der Waals surface area (Å²) in [5.74, 6) is -0.684. The van der Waals surface area contributed by atoms with E-state index in [9.17, 15) is 18.0 Å². The largest absolute Gasteiger partial charge is 0.416 e. The number of nitrogens with zero attached hydrogens (tertiary/aromatic N) is 1. The lowest BCUT2D eigenvalue weighted by Gasteiger charge is -2.24. The summed E-state index contributed by atoms with van der Waals surface area (Å²) in [7, 11) is 0. The molecule has 1 rings (SSSR count). The number of amides is 1. The van der Waals surface area contributed by atoms with Crippen LogP contribution >= 0.6 is 0 Å². The van der Waals surface area contributed by atoms with Crippen LogP contribution in [0.15, 0.2) is 18.2 Å². The van der Waals surface area contributed by atoms with Crippen LogP contribution in [0.1, 0.15) is 25.0 Å². The highest BCUT2D eigenvalue weighted by atomic mass is 19.4. The Labute approximate surface area is 108 Å². The summed E-state index contributed by atoms with van der Waals surface area (Å²) < 4.78 is 37.5. The average molecular weight is 271 g/mol. The average Bonchev–Trinajstić information content (AvgIpc) is 2.27. The Morgan fingerprint density at radius 2 is 1.95 bits per heavy atom. The predicted molar refractivity (Wildman–Crippen MR) is 63.1 cm³/mol. The van der Waals surface area contributed by atoms with E-state index in [1.54, 1.807) is 6.07 Å². The van der Waals surface area contributed by atoms with Crippen LogP contribution in [0.4, 0.5) is 18.9 Å². The SMILES string of the molecule is CC(C)(Nc1ccc(C(F)(F)F)cc1C#N)C(N)=O. The fourth-order valence-corrected chi connectivity index (χ4v) is 1.32. The third kappa shape index (κ3) is 3.37. The van der Waals surface area contributed by atoms with Gasteiger partial charge in [-0.05, 0) is 32.0 Å². The van der Waals surface area contributed by atoms with E-state index in [0.29, 0.717) is 0 Å². The van der Waals surface area contributed by atoms with Crippen LogP contribution in [0, 0.1) is 11.3 Å². The van der Waals surface area contributed by atoms with E-state index >= 15 is 0 Å². The molecule has 7 heteroatoms. The number of benzene rings is 1. The first-order chi connectivity index (χ1) is 8.58. The standard InChI is InChI=1S/C12H12F3N3O/c1-11(2,10(17)19)18-9-4-3-8(12(13,14)15)5-7(9)6-16/h3-5,18H,1-2H3,(H2,17,19). The Balaban J connectivity index is 3.19. The van der Waals surface area contributed by atoms with Gasteiger partial charge in [0.1, 0.15) is 11.6 Å². The molecular weight excluding hydrogens is 259 g/mol. The summed E-state index contributed by atoms with van der Waals surface area (Å²) in [6.07, 6.45) is -4.52. The van der Waals surface area contributed by atoms with Gasteiger partial charge in [-0.15, -0.1) is 0 Å². The molecule has 0 radical (unpaired) electrons. The molecule has 1 amide bonds. The number of primary amides is 1. The number of alkyl halides is 3. The van der Waals surface area contributed by atoms with Crippen LogP contribution in [0.5, 0.6) is 0 Å². The van der Waals surface area contributed by atoms with Gasteiger partial charge in [0.25, 0.3) is 0 Å². The van der Waals surface area contributed by atoms with Crippen molar-refractivity contribution in [2.75, 3.05) is 5.32 Å². The molecule has 0 saturated heterocycles. The van der Waals surface area contributed by atoms with Crippen molar-refractivity contribution in [3.8, 4) is 6.07 Å². The molecule has 0 aromatic heterocycles. The zero-order valence-corrected chi connectivity index (χ0v) is 10.3. The molecule has 1 aromatic rings. The highest BCUT2D eigenvalue weighted by Gasteiger charge is 2.32. The summed E-state index contributed by atoms with van der Waals surface area (Å²) >= 11 is 0. The molecule has 19 heavy (non-hydrogen) atoms. The van der Waals surface area contributed by atoms with Crippen LogP contribution in [-0.4, -0.2) is 11.4 Å². The molecule has 0 aliphatic heterocycles. The third-order valence-corrected chi connectivity index (χ3v) is 2.53. The quantitative estimate of drug-likeness (QED) is 0.885. The molecule has 0 aliphatic rings. The number of halogens is 3. The molecule has 3 N–H and O–H groups in total. The second kappa shape index (κ2) is 4.80. The van der Waals surface area contributed by atoms with Gasteiger partial charge in [-0.3, -0.25) is 4.79 Å². The Bertz CT molecular complexity index is 544. The normalized spacial score (nSPS) is 11.8. The van der Waals surface area contributed by atoms with Crippen molar-refractivity contribution < 1.29 is 18.0 Å². The van der Waals surface area contributed by atoms with E-state index in [1.165, 1.54) is 13.8 Å². The summed E-state index contributed by atoms with van der Waals surface area (Å²) in [6.45, 7) is 2.93. The van der Waals surface area contributed by atoms with Crippen molar-refractivity contribution >= 4 is 11.6 Å². The maximum atomic E-state index is 12.5. The fraction of sp³-hybridized carbons (Fsp3) is 0.333. The summed E-state index contributed by atoms with van der Waals surface area (Å²) in [5, 5.41) is 11.5. The molecule has 0 aliphatic carbocycles. The number of nitriles is 1. The molecular formula is C12H12F3N3O. The first-order valence-electron chi connectivity index (χ1n) is 5.27. The van der Waals surface area contributed by atoms with E-state index in [0.717, 1.165) is 18.2 Å². The van der Waals surface area contributed by atoms with E-state index < -0.39 is 23.2 Å². The van der Waals surface area contributed by atoms with Crippen LogP contribution in [-0.2, 0) is 11.0 Å². The van der Waals surface area contributed by atoms with E-state index in [2.05, 4.69) is 5.32 Å². The second-order valence-electron chi connectivity index (χ2n) is 4.48. The number of carbonyl (C=O) groups is 1. The zero-order valence-electron chi connectivity index (χ0n) is 10.3. The maximum Gasteiger partial charge on any atom is 0.416 e. The van der Waals surface area contributed by atoms with Crippen molar-refractivity contribution in [3.63, 3.8) is 0 Å². The number of nitrogens with one attached hydrogen (secondary N) is 1. The second-order valence-corrected chi connectivity index (χ2v) is 4.48. The van der Waals surface area contributed by atoms with Gasteiger partial charge < -0.3 is 11.1 Å². The number of nitrogens with two attached hydrogens (primary N) is 1. The number of anilines is 1. The summed E-state index contributed by atoms with van der Waals surface area (Å²) in [4.78, 5) is 11.1. The van der Waals surface area contributed by atoms with Crippen LogP contribution < -0.4 is 11.1 Å². The first-order valence-corrected chi connectivity index (χ1v) is 5.27. The summed E-state index contributed by atoms with van der Waals surface area (Å²) in [6, 6.07) is 4.31. The number of hydrogen-bond acceptors (Lipinski definition) is 3. The van der Waals surface area contributed by atoms with Gasteiger partial charge in [-0.1, -0.05) is 0 Å². The van der Waals surface area contributed by atoms with Crippen molar-refractivity contribution in [2.45, 2.75) is 25.6 Å². The smallest absolute Gasteiger partial charge is 0.371 e. The Morgan fingerprint density at radius 3 is 2.37 bits per heavy atom. The molecule has 0 fully saturated rings. The van der Waals surface area contributed by atoms with E-state index in [-0.39, 0.29) is 11.3 Å². The Hall–Kier alpha value is -2.23. The van der Waals surface area contributed by atoms with Gasteiger partial charge >= 0.3 is 6.18 Å². The highest BCUT2D eigenvalue weighted by molar-refractivity contribution is 5.87. The number of carbonyl (C=O) groups excluding carboxylic acids is 1. The minimum absolute atomic E-state index is 0.124. The van der Waals surface area contributed by atoms with Gasteiger partial charge in [-0.25, -0.2) is 0 Å². The van der Waals surface area contributed by atoms with Crippen molar-refractivity contribution in [3.05, 3.63) is 29.3 Å². The third-order valence-electron chi connectivity index (χ3n) is 2.53. The Kier molecular flexibility index (Phi) is 3.75. The van der Waals surface area contributed by atoms with E-state index in [1.807, 2.05) is 0 Å². The van der Waals surface area contributed by atoms with Gasteiger partial charge in [0.15, 0.2) is 0 Å². The van der Waals surface area contributed by atoms with Crippen molar-refractivity contribution in [1.82, 2.24) is 0 Å². The Morgan fingerprint density at radius 1 is 1.37 bits per heavy atom. The van der Waals surface area contributed by atoms with Gasteiger partial charge in [0.2, 0.25) is 5.91 Å². The van der Waals surface area contributed by atoms with Gasteiger partial charge in [0.05, 0.1) is 16.8 Å². The highest BCUT2D eigenvalue weighted by Crippen LogP contribution is 2.32. The van der Waals surface area contributed by atoms with Gasteiger partial charge in [0, 0.05) is 0 Å². The number of rotatable bonds is 3. The predicted octanol–water partition coefficient (Wildman–Crippen LogP) is 2.25. The molecule has 0 unspecified atom stereocenters. The van der Waals surface area contributed by atoms with E-state index in [4.69, 9.17) is 11.0 Å². The monoisotopic (exact) mass is 271 g/mol. The molecule has 0 atom stereocenters. The molecule has 0 heterocycles. The zero-order chi connectivity index (χ0) is 14.8. The maximum absolute atomic E-state index is 12.5. The van der Waals surface area contributed by atoms with Crippen molar-refractivity contribution in [2.24, 2.45) is 5.73 Å². The van der Waals surface area contributed by atoms with Crippen LogP contribution in [0.25, 0.3) is 0 Å². The molecule has 1 aromatic carbocycles. The van der Waals surface area contributed by atoms with Crippen molar-refractivity contribution in [1.29, 1.82) is 5.26 Å². The topological polar surface area (TPSA) is 78.9 Å². The van der Waals surface area contributed by atoms with Crippen LogP contribution in [0.3, 0.4) is 0 Å². The fourth-order valence-electron chi connectivity index (χ4n) is 1.32. The van der Waals surface area contributed by atoms with Crippen LogP contribution in [0.2, 0.25) is 0 Å². The first kappa shape index (κ1) is 14.8. The molecule has 0 bridgehead atoms. The summed E-state index contributed by atoms with van der Waals surface area (Å²) in [5.41, 5.74) is 2.96. The number of hydrogen-bond donors (Lipinski definition) is 2. The molecule has 0 spiro atoms. The lowest BCUT2D eigenvalue weighted by atomic mass is 10.0. The minimum atomic E-state index is -4.52. The molecule has 4 nitrogen and oxygen atoms in total. The molecule has 0 saturated carbocycles. The van der Waals surface area contributed by atoms with Gasteiger partial charge in [-0.2, -0.15) is 18.4 Å². The lowest BCUT2D eigenvalue weighted by molar-refractivity contribution is -0.137.